The van der Waals surface area contributed by atoms with Crippen LogP contribution in [0.4, 0.5) is 18.9 Å². The van der Waals surface area contributed by atoms with Gasteiger partial charge in [0.1, 0.15) is 5.54 Å². The standard InChI is InChI=1S/C21H21F3N2O3/c1-12-10-13(11-16(27)29-3)19(2)17-20(12,14-6-4-5-7-15(14)25-17)8-9-26(19)18(28)21(22,23)24/h4-7,11-12H,8-10H2,1-3H3/b13-11+/t12-,19+,20-/m1/s1. The number of fused-ring (bicyclic) bond motifs is 1. The molecular formula is C21H21F3N2O3. The molecule has 0 unspecified atom stereocenters. The predicted molar refractivity (Wildman–Crippen MR) is 99.9 cm³/mol. The van der Waals surface area contributed by atoms with E-state index in [2.05, 4.69) is 0 Å². The normalized spacial score (nSPS) is 31.8. The number of aliphatic imine (C=N–C) groups is 1. The van der Waals surface area contributed by atoms with Gasteiger partial charge in [-0.15, -0.1) is 0 Å². The first kappa shape index (κ1) is 19.7. The van der Waals surface area contributed by atoms with Crippen molar-refractivity contribution >= 4 is 23.3 Å². The van der Waals surface area contributed by atoms with Crippen LogP contribution in [0.1, 0.15) is 32.3 Å². The zero-order valence-corrected chi connectivity index (χ0v) is 16.3. The fourth-order valence-corrected chi connectivity index (χ4v) is 5.36. The number of ether oxygens (including phenoxy) is 1. The van der Waals surface area contributed by atoms with Crippen LogP contribution in [0.2, 0.25) is 0 Å². The van der Waals surface area contributed by atoms with E-state index in [9.17, 15) is 22.8 Å². The second kappa shape index (κ2) is 6.18. The van der Waals surface area contributed by atoms with Gasteiger partial charge in [0.2, 0.25) is 0 Å². The number of likely N-dealkylation sites (tertiary alicyclic amines) is 1. The summed E-state index contributed by atoms with van der Waals surface area (Å²) in [6, 6.07) is 7.51. The number of carbonyl (C=O) groups is 2. The van der Waals surface area contributed by atoms with Gasteiger partial charge in [0.15, 0.2) is 0 Å². The van der Waals surface area contributed by atoms with E-state index < -0.39 is 29.0 Å². The summed E-state index contributed by atoms with van der Waals surface area (Å²) in [6.45, 7) is 3.50. The molecule has 2 aliphatic heterocycles. The Morgan fingerprint density at radius 2 is 2.00 bits per heavy atom. The quantitative estimate of drug-likeness (QED) is 0.528. The SMILES string of the molecule is COC(=O)/C=C1\C[C@@H](C)[C@@]23CCN(C(=O)C(F)(F)F)[C@]1(C)C2=Nc1ccccc13. The Kier molecular flexibility index (Phi) is 4.19. The lowest BCUT2D eigenvalue weighted by Crippen LogP contribution is -2.71. The van der Waals surface area contributed by atoms with Crippen LogP contribution < -0.4 is 0 Å². The lowest BCUT2D eigenvalue weighted by atomic mass is 9.52. The van der Waals surface area contributed by atoms with Crippen LogP contribution in [0.3, 0.4) is 0 Å². The zero-order chi connectivity index (χ0) is 21.2. The Morgan fingerprint density at radius 3 is 2.66 bits per heavy atom. The molecule has 1 aromatic carbocycles. The zero-order valence-electron chi connectivity index (χ0n) is 16.3. The number of benzene rings is 1. The lowest BCUT2D eigenvalue weighted by Gasteiger charge is -2.59. The van der Waals surface area contributed by atoms with E-state index in [0.717, 1.165) is 10.5 Å². The molecule has 8 heteroatoms. The number of piperidine rings is 1. The summed E-state index contributed by atoms with van der Waals surface area (Å²) in [7, 11) is 1.21. The maximum Gasteiger partial charge on any atom is 0.471 e. The topological polar surface area (TPSA) is 59.0 Å². The Bertz CT molecular complexity index is 968. The molecule has 1 saturated carbocycles. The molecule has 2 bridgehead atoms. The van der Waals surface area contributed by atoms with E-state index in [1.54, 1.807) is 6.92 Å². The maximum atomic E-state index is 13.4. The highest BCUT2D eigenvalue weighted by Gasteiger charge is 2.65. The van der Waals surface area contributed by atoms with Crippen LogP contribution in [0.5, 0.6) is 0 Å². The first-order valence-corrected chi connectivity index (χ1v) is 9.43. The van der Waals surface area contributed by atoms with Crippen molar-refractivity contribution in [2.75, 3.05) is 13.7 Å². The molecule has 2 fully saturated rings. The number of para-hydroxylation sites is 1. The molecule has 1 saturated heterocycles. The van der Waals surface area contributed by atoms with Gasteiger partial charge in [0.25, 0.3) is 0 Å². The van der Waals surface area contributed by atoms with Gasteiger partial charge in [-0.25, -0.2) is 4.79 Å². The van der Waals surface area contributed by atoms with Crippen molar-refractivity contribution in [3.8, 4) is 0 Å². The Morgan fingerprint density at radius 1 is 1.31 bits per heavy atom. The van der Waals surface area contributed by atoms with Gasteiger partial charge in [0.05, 0.1) is 18.5 Å². The van der Waals surface area contributed by atoms with Crippen LogP contribution in [0, 0.1) is 5.92 Å². The molecule has 3 atom stereocenters. The molecule has 3 aliphatic rings. The highest BCUT2D eigenvalue weighted by molar-refractivity contribution is 6.13. The van der Waals surface area contributed by atoms with Crippen molar-refractivity contribution in [2.24, 2.45) is 10.9 Å². The van der Waals surface area contributed by atoms with E-state index in [1.165, 1.54) is 13.2 Å². The van der Waals surface area contributed by atoms with E-state index in [0.29, 0.717) is 29.8 Å². The number of carbonyl (C=O) groups excluding carboxylic acids is 2. The molecule has 0 radical (unpaired) electrons. The van der Waals surface area contributed by atoms with E-state index in [-0.39, 0.29) is 12.5 Å². The second-order valence-corrected chi connectivity index (χ2v) is 8.02. The summed E-state index contributed by atoms with van der Waals surface area (Å²) in [5.41, 5.74) is 0.595. The number of hydrogen-bond donors (Lipinski definition) is 0. The average molecular weight is 406 g/mol. The third kappa shape index (κ3) is 2.50. The van der Waals surface area contributed by atoms with Crippen molar-refractivity contribution < 1.29 is 27.5 Å². The smallest absolute Gasteiger partial charge is 0.466 e. The molecule has 0 spiro atoms. The summed E-state index contributed by atoms with van der Waals surface area (Å²) < 4.78 is 45.0. The van der Waals surface area contributed by atoms with Crippen LogP contribution in [-0.4, -0.2) is 47.9 Å². The van der Waals surface area contributed by atoms with E-state index >= 15 is 0 Å². The Hall–Kier alpha value is -2.64. The van der Waals surface area contributed by atoms with Crippen LogP contribution >= 0.6 is 0 Å². The van der Waals surface area contributed by atoms with Crippen molar-refractivity contribution in [1.29, 1.82) is 0 Å². The first-order chi connectivity index (χ1) is 13.6. The molecule has 29 heavy (non-hydrogen) atoms. The minimum Gasteiger partial charge on any atom is -0.466 e. The largest absolute Gasteiger partial charge is 0.471 e. The molecule has 1 aliphatic carbocycles. The lowest BCUT2D eigenvalue weighted by molar-refractivity contribution is -0.190. The van der Waals surface area contributed by atoms with Crippen LogP contribution in [0.25, 0.3) is 0 Å². The number of hydrogen-bond acceptors (Lipinski definition) is 4. The third-order valence-electron chi connectivity index (χ3n) is 6.74. The van der Waals surface area contributed by atoms with Gasteiger partial charge in [-0.05, 0) is 42.9 Å². The fraction of sp³-hybridized carbons (Fsp3) is 0.476. The van der Waals surface area contributed by atoms with Crippen molar-refractivity contribution in [2.45, 2.75) is 43.8 Å². The number of esters is 1. The number of halogens is 3. The summed E-state index contributed by atoms with van der Waals surface area (Å²) in [5, 5.41) is 0. The fourth-order valence-electron chi connectivity index (χ4n) is 5.36. The molecule has 4 rings (SSSR count). The minimum absolute atomic E-state index is 0.00276. The molecule has 2 heterocycles. The summed E-state index contributed by atoms with van der Waals surface area (Å²) in [6.07, 6.45) is -3.09. The van der Waals surface area contributed by atoms with Gasteiger partial charge >= 0.3 is 18.1 Å². The second-order valence-electron chi connectivity index (χ2n) is 8.02. The number of methoxy groups -OCH3 is 1. The average Bonchev–Trinajstić information content (AvgIpc) is 3.03. The van der Waals surface area contributed by atoms with Crippen molar-refractivity contribution in [3.05, 3.63) is 41.5 Å². The Labute approximate surface area is 166 Å². The van der Waals surface area contributed by atoms with E-state index in [1.807, 2.05) is 31.2 Å². The number of nitrogens with zero attached hydrogens (tertiary/aromatic N) is 2. The maximum absolute atomic E-state index is 13.4. The number of amides is 1. The molecule has 0 N–H and O–H groups in total. The molecule has 1 aromatic rings. The predicted octanol–water partition coefficient (Wildman–Crippen LogP) is 3.70. The molecular weight excluding hydrogens is 385 g/mol. The summed E-state index contributed by atoms with van der Waals surface area (Å²) in [4.78, 5) is 29.9. The highest BCUT2D eigenvalue weighted by Crippen LogP contribution is 2.60. The van der Waals surface area contributed by atoms with Crippen molar-refractivity contribution in [1.82, 2.24) is 4.90 Å². The highest BCUT2D eigenvalue weighted by atomic mass is 19.4. The molecule has 154 valence electrons. The van der Waals surface area contributed by atoms with Gasteiger partial charge < -0.3 is 9.64 Å². The monoisotopic (exact) mass is 406 g/mol. The van der Waals surface area contributed by atoms with Crippen molar-refractivity contribution in [3.63, 3.8) is 0 Å². The number of alkyl halides is 3. The van der Waals surface area contributed by atoms with Gasteiger partial charge in [0, 0.05) is 18.0 Å². The summed E-state index contributed by atoms with van der Waals surface area (Å²) >= 11 is 0. The van der Waals surface area contributed by atoms with Crippen LogP contribution in [0.15, 0.2) is 40.9 Å². The molecule has 0 aromatic heterocycles. The van der Waals surface area contributed by atoms with Gasteiger partial charge in [-0.1, -0.05) is 25.1 Å². The van der Waals surface area contributed by atoms with E-state index in [4.69, 9.17) is 9.73 Å². The summed E-state index contributed by atoms with van der Waals surface area (Å²) in [5.74, 6) is -2.59. The minimum atomic E-state index is -5.02. The Balaban J connectivity index is 1.96. The number of rotatable bonds is 1. The molecule has 5 nitrogen and oxygen atoms in total. The van der Waals surface area contributed by atoms with Gasteiger partial charge in [-0.3, -0.25) is 9.79 Å². The van der Waals surface area contributed by atoms with Gasteiger partial charge in [-0.2, -0.15) is 13.2 Å². The third-order valence-corrected chi connectivity index (χ3v) is 6.74. The van der Waals surface area contributed by atoms with Crippen LogP contribution in [-0.2, 0) is 19.7 Å². The molecule has 1 amide bonds. The first-order valence-electron chi connectivity index (χ1n) is 9.43.